The molecule has 1 amide bonds. The van der Waals surface area contributed by atoms with Gasteiger partial charge in [0.25, 0.3) is 5.91 Å². The average Bonchev–Trinajstić information content (AvgIpc) is 2.88. The Kier molecular flexibility index (Phi) is 3.78. The molecule has 1 aliphatic carbocycles. The number of carbonyl (C=O) groups is 1. The van der Waals surface area contributed by atoms with Crippen LogP contribution in [0.1, 0.15) is 58.7 Å². The highest BCUT2D eigenvalue weighted by atomic mass is 16.5. The zero-order valence-electron chi connectivity index (χ0n) is 12.5. The Bertz CT molecular complexity index is 661. The highest BCUT2D eigenvalue weighted by molar-refractivity contribution is 5.96. The van der Waals surface area contributed by atoms with E-state index in [0.29, 0.717) is 17.7 Å². The fraction of sp³-hybridized carbons (Fsp3) is 0.412. The summed E-state index contributed by atoms with van der Waals surface area (Å²) in [7, 11) is 0. The Morgan fingerprint density at radius 2 is 2.24 bits per heavy atom. The Morgan fingerprint density at radius 1 is 1.43 bits per heavy atom. The van der Waals surface area contributed by atoms with Crippen LogP contribution in [0, 0.1) is 6.92 Å². The van der Waals surface area contributed by atoms with E-state index in [4.69, 9.17) is 4.52 Å². The molecule has 110 valence electrons. The van der Waals surface area contributed by atoms with Gasteiger partial charge in [-0.15, -0.1) is 0 Å². The van der Waals surface area contributed by atoms with E-state index < -0.39 is 0 Å². The van der Waals surface area contributed by atoms with Crippen molar-refractivity contribution in [3.8, 4) is 0 Å². The van der Waals surface area contributed by atoms with Crippen molar-refractivity contribution in [1.29, 1.82) is 0 Å². The monoisotopic (exact) mass is 284 g/mol. The van der Waals surface area contributed by atoms with Crippen molar-refractivity contribution in [2.24, 2.45) is 0 Å². The molecule has 1 aromatic heterocycles. The third kappa shape index (κ3) is 2.58. The highest BCUT2D eigenvalue weighted by Gasteiger charge is 2.25. The molecule has 0 radical (unpaired) electrons. The highest BCUT2D eigenvalue weighted by Crippen LogP contribution is 2.30. The van der Waals surface area contributed by atoms with Gasteiger partial charge in [0.2, 0.25) is 0 Å². The summed E-state index contributed by atoms with van der Waals surface area (Å²) in [5, 5.41) is 7.11. The van der Waals surface area contributed by atoms with E-state index in [1.165, 1.54) is 11.1 Å². The standard InChI is InChI=1S/C17H20N2O2/c1-3-14-16(11(2)21-19-14)17(20)18-15-10-6-8-12-7-4-5-9-13(12)15/h4-5,7,9,15H,3,6,8,10H2,1-2H3,(H,18,20)/t15-/m1/s1. The molecule has 1 atom stereocenters. The third-order valence-electron chi connectivity index (χ3n) is 4.17. The average molecular weight is 284 g/mol. The molecule has 0 unspecified atom stereocenters. The van der Waals surface area contributed by atoms with Gasteiger partial charge in [-0.2, -0.15) is 0 Å². The largest absolute Gasteiger partial charge is 0.361 e. The molecular weight excluding hydrogens is 264 g/mol. The first-order chi connectivity index (χ1) is 10.2. The number of fused-ring (bicyclic) bond motifs is 1. The van der Waals surface area contributed by atoms with Crippen LogP contribution in [-0.2, 0) is 12.8 Å². The number of hydrogen-bond donors (Lipinski definition) is 1. The molecule has 4 nitrogen and oxygen atoms in total. The fourth-order valence-corrected chi connectivity index (χ4v) is 3.08. The lowest BCUT2D eigenvalue weighted by Crippen LogP contribution is -2.31. The van der Waals surface area contributed by atoms with Crippen LogP contribution in [0.25, 0.3) is 0 Å². The molecule has 0 bridgehead atoms. The molecular formula is C17H20N2O2. The van der Waals surface area contributed by atoms with E-state index in [-0.39, 0.29) is 11.9 Å². The summed E-state index contributed by atoms with van der Waals surface area (Å²) in [5.74, 6) is 0.515. The van der Waals surface area contributed by atoms with Crippen LogP contribution in [0.4, 0.5) is 0 Å². The molecule has 1 aliphatic rings. The van der Waals surface area contributed by atoms with E-state index in [2.05, 4.69) is 28.7 Å². The van der Waals surface area contributed by atoms with Crippen LogP contribution in [-0.4, -0.2) is 11.1 Å². The summed E-state index contributed by atoms with van der Waals surface area (Å²) >= 11 is 0. The molecule has 1 aromatic carbocycles. The summed E-state index contributed by atoms with van der Waals surface area (Å²) < 4.78 is 5.16. The van der Waals surface area contributed by atoms with E-state index in [0.717, 1.165) is 25.0 Å². The van der Waals surface area contributed by atoms with Gasteiger partial charge in [0.1, 0.15) is 11.3 Å². The lowest BCUT2D eigenvalue weighted by Gasteiger charge is -2.26. The first-order valence-corrected chi connectivity index (χ1v) is 7.54. The van der Waals surface area contributed by atoms with E-state index >= 15 is 0 Å². The maximum atomic E-state index is 12.6. The summed E-state index contributed by atoms with van der Waals surface area (Å²) in [4.78, 5) is 12.6. The van der Waals surface area contributed by atoms with Crippen LogP contribution >= 0.6 is 0 Å². The van der Waals surface area contributed by atoms with Gasteiger partial charge in [-0.05, 0) is 43.7 Å². The summed E-state index contributed by atoms with van der Waals surface area (Å²) in [6.45, 7) is 3.76. The molecule has 21 heavy (non-hydrogen) atoms. The summed E-state index contributed by atoms with van der Waals surface area (Å²) in [6.07, 6.45) is 3.87. The Morgan fingerprint density at radius 3 is 3.05 bits per heavy atom. The first-order valence-electron chi connectivity index (χ1n) is 7.54. The van der Waals surface area contributed by atoms with Gasteiger partial charge in [-0.25, -0.2) is 0 Å². The SMILES string of the molecule is CCc1noc(C)c1C(=O)N[C@@H]1CCCc2ccccc21. The number of benzene rings is 1. The zero-order chi connectivity index (χ0) is 14.8. The molecule has 0 saturated heterocycles. The maximum absolute atomic E-state index is 12.6. The maximum Gasteiger partial charge on any atom is 0.257 e. The van der Waals surface area contributed by atoms with Crippen molar-refractivity contribution < 1.29 is 9.32 Å². The van der Waals surface area contributed by atoms with E-state index in [1.807, 2.05) is 13.0 Å². The molecule has 2 aromatic rings. The van der Waals surface area contributed by atoms with Crippen LogP contribution in [0.5, 0.6) is 0 Å². The lowest BCUT2D eigenvalue weighted by molar-refractivity contribution is 0.0930. The molecule has 1 N–H and O–H groups in total. The normalized spacial score (nSPS) is 17.3. The fourth-order valence-electron chi connectivity index (χ4n) is 3.08. The minimum absolute atomic E-state index is 0.0766. The molecule has 0 aliphatic heterocycles. The summed E-state index contributed by atoms with van der Waals surface area (Å²) in [6, 6.07) is 8.44. The second-order valence-electron chi connectivity index (χ2n) is 5.53. The van der Waals surface area contributed by atoms with Crippen molar-refractivity contribution in [3.05, 3.63) is 52.4 Å². The van der Waals surface area contributed by atoms with Crippen LogP contribution < -0.4 is 5.32 Å². The van der Waals surface area contributed by atoms with Crippen molar-refractivity contribution >= 4 is 5.91 Å². The lowest BCUT2D eigenvalue weighted by atomic mass is 9.87. The van der Waals surface area contributed by atoms with Gasteiger partial charge in [0.15, 0.2) is 0 Å². The molecule has 3 rings (SSSR count). The van der Waals surface area contributed by atoms with Crippen molar-refractivity contribution in [3.63, 3.8) is 0 Å². The Balaban J connectivity index is 1.84. The minimum Gasteiger partial charge on any atom is -0.361 e. The van der Waals surface area contributed by atoms with E-state index in [9.17, 15) is 4.79 Å². The zero-order valence-corrected chi connectivity index (χ0v) is 12.5. The number of aryl methyl sites for hydroxylation is 3. The Hall–Kier alpha value is -2.10. The van der Waals surface area contributed by atoms with Crippen LogP contribution in [0.3, 0.4) is 0 Å². The molecule has 1 heterocycles. The van der Waals surface area contributed by atoms with Crippen molar-refractivity contribution in [1.82, 2.24) is 10.5 Å². The van der Waals surface area contributed by atoms with Crippen LogP contribution in [0.2, 0.25) is 0 Å². The van der Waals surface area contributed by atoms with Gasteiger partial charge in [-0.1, -0.05) is 36.3 Å². The number of nitrogens with zero attached hydrogens (tertiary/aromatic N) is 1. The third-order valence-corrected chi connectivity index (χ3v) is 4.17. The number of rotatable bonds is 3. The number of nitrogens with one attached hydrogen (secondary N) is 1. The van der Waals surface area contributed by atoms with Gasteiger partial charge in [0.05, 0.1) is 11.7 Å². The minimum atomic E-state index is -0.0766. The van der Waals surface area contributed by atoms with Crippen molar-refractivity contribution in [2.45, 2.75) is 45.6 Å². The van der Waals surface area contributed by atoms with Crippen LogP contribution in [0.15, 0.2) is 28.8 Å². The Labute approximate surface area is 124 Å². The molecule has 4 heteroatoms. The molecule has 0 fully saturated rings. The topological polar surface area (TPSA) is 55.1 Å². The molecule has 0 spiro atoms. The van der Waals surface area contributed by atoms with Crippen molar-refractivity contribution in [2.75, 3.05) is 0 Å². The number of aromatic nitrogens is 1. The predicted molar refractivity (Wildman–Crippen MR) is 80.2 cm³/mol. The number of carbonyl (C=O) groups excluding carboxylic acids is 1. The van der Waals surface area contributed by atoms with Gasteiger partial charge < -0.3 is 9.84 Å². The molecule has 0 saturated carbocycles. The van der Waals surface area contributed by atoms with Gasteiger partial charge >= 0.3 is 0 Å². The summed E-state index contributed by atoms with van der Waals surface area (Å²) in [5.41, 5.74) is 3.91. The number of hydrogen-bond acceptors (Lipinski definition) is 3. The van der Waals surface area contributed by atoms with Gasteiger partial charge in [-0.3, -0.25) is 4.79 Å². The van der Waals surface area contributed by atoms with Gasteiger partial charge in [0, 0.05) is 0 Å². The second kappa shape index (κ2) is 5.72. The second-order valence-corrected chi connectivity index (χ2v) is 5.53. The predicted octanol–water partition coefficient (Wildman–Crippen LogP) is 3.35. The smallest absolute Gasteiger partial charge is 0.257 e. The first kappa shape index (κ1) is 13.9. The van der Waals surface area contributed by atoms with E-state index in [1.54, 1.807) is 6.92 Å². The number of amides is 1. The quantitative estimate of drug-likeness (QED) is 0.940.